The van der Waals surface area contributed by atoms with E-state index in [4.69, 9.17) is 0 Å². The summed E-state index contributed by atoms with van der Waals surface area (Å²) in [5.41, 5.74) is 1.36. The zero-order chi connectivity index (χ0) is 12.6. The van der Waals surface area contributed by atoms with Crippen LogP contribution < -0.4 is 0 Å². The molecule has 2 aliphatic rings. The number of rotatable bonds is 2. The molecule has 2 rings (SSSR count). The molecule has 2 heteroatoms. The molecule has 3 atom stereocenters. The summed E-state index contributed by atoms with van der Waals surface area (Å²) in [6, 6.07) is 0. The van der Waals surface area contributed by atoms with Crippen LogP contribution >= 0.6 is 0 Å². The fourth-order valence-electron chi connectivity index (χ4n) is 3.50. The highest BCUT2D eigenvalue weighted by Gasteiger charge is 2.47. The van der Waals surface area contributed by atoms with Crippen LogP contribution in [-0.4, -0.2) is 22.4 Å². The molecule has 0 bridgehead atoms. The van der Waals surface area contributed by atoms with Crippen LogP contribution in [0.3, 0.4) is 0 Å². The molecule has 1 saturated carbocycles. The molecule has 0 aromatic carbocycles. The molecule has 1 fully saturated rings. The lowest BCUT2D eigenvalue weighted by Gasteiger charge is -2.49. The van der Waals surface area contributed by atoms with Gasteiger partial charge in [0.05, 0.1) is 12.2 Å². The van der Waals surface area contributed by atoms with E-state index in [9.17, 15) is 10.2 Å². The van der Waals surface area contributed by atoms with Crippen molar-refractivity contribution in [2.45, 2.75) is 45.1 Å². The Hall–Kier alpha value is -0.600. The van der Waals surface area contributed by atoms with Crippen molar-refractivity contribution in [1.82, 2.24) is 0 Å². The topological polar surface area (TPSA) is 40.5 Å². The summed E-state index contributed by atoms with van der Waals surface area (Å²) < 4.78 is 0. The molecule has 0 saturated heterocycles. The van der Waals surface area contributed by atoms with Gasteiger partial charge in [-0.1, -0.05) is 26.5 Å². The number of aliphatic hydroxyl groups excluding tert-OH is 1. The summed E-state index contributed by atoms with van der Waals surface area (Å²) in [6.07, 6.45) is 5.70. The lowest BCUT2D eigenvalue weighted by atomic mass is 9.59. The van der Waals surface area contributed by atoms with Crippen molar-refractivity contribution < 1.29 is 10.2 Å². The van der Waals surface area contributed by atoms with E-state index in [2.05, 4.69) is 26.5 Å². The highest BCUT2D eigenvalue weighted by molar-refractivity contribution is 5.28. The van der Waals surface area contributed by atoms with Gasteiger partial charge in [0.2, 0.25) is 0 Å². The third-order valence-electron chi connectivity index (χ3n) is 4.71. The summed E-state index contributed by atoms with van der Waals surface area (Å²) in [6.45, 7) is 8.65. The molecular weight excluding hydrogens is 212 g/mol. The van der Waals surface area contributed by atoms with Crippen LogP contribution in [0.15, 0.2) is 23.8 Å². The molecule has 2 aliphatic carbocycles. The van der Waals surface area contributed by atoms with Gasteiger partial charge in [-0.3, -0.25) is 0 Å². The Bertz CT molecular complexity index is 343. The first-order valence-electron chi connectivity index (χ1n) is 6.70. The van der Waals surface area contributed by atoms with E-state index in [1.165, 1.54) is 0 Å². The zero-order valence-corrected chi connectivity index (χ0v) is 10.9. The van der Waals surface area contributed by atoms with Gasteiger partial charge in [0, 0.05) is 5.92 Å². The van der Waals surface area contributed by atoms with Gasteiger partial charge in [0.25, 0.3) is 0 Å². The second-order valence-electron chi connectivity index (χ2n) is 5.98. The van der Waals surface area contributed by atoms with Crippen LogP contribution in [0.5, 0.6) is 0 Å². The molecule has 17 heavy (non-hydrogen) atoms. The van der Waals surface area contributed by atoms with Crippen molar-refractivity contribution in [3.8, 4) is 0 Å². The van der Waals surface area contributed by atoms with Crippen molar-refractivity contribution in [2.24, 2.45) is 17.8 Å². The van der Waals surface area contributed by atoms with E-state index in [1.807, 2.05) is 0 Å². The number of hydrogen-bond donors (Lipinski definition) is 2. The van der Waals surface area contributed by atoms with Crippen molar-refractivity contribution in [2.75, 3.05) is 6.61 Å². The fourth-order valence-corrected chi connectivity index (χ4v) is 3.50. The van der Waals surface area contributed by atoms with Gasteiger partial charge in [0.1, 0.15) is 0 Å². The SMILES string of the molecule is C=C1CCC(C(C)C)C2C=C(CO)CCC12O. The Balaban J connectivity index is 2.35. The van der Waals surface area contributed by atoms with Crippen molar-refractivity contribution in [3.05, 3.63) is 23.8 Å². The third-order valence-corrected chi connectivity index (χ3v) is 4.71. The van der Waals surface area contributed by atoms with Gasteiger partial charge < -0.3 is 10.2 Å². The Morgan fingerprint density at radius 2 is 2.18 bits per heavy atom. The molecule has 0 aromatic heterocycles. The lowest BCUT2D eigenvalue weighted by Crippen LogP contribution is -2.49. The maximum Gasteiger partial charge on any atom is 0.0922 e. The largest absolute Gasteiger partial charge is 0.392 e. The van der Waals surface area contributed by atoms with Crippen LogP contribution in [0, 0.1) is 17.8 Å². The number of aliphatic hydroxyl groups is 2. The van der Waals surface area contributed by atoms with Gasteiger partial charge in [-0.05, 0) is 48.7 Å². The Morgan fingerprint density at radius 1 is 1.47 bits per heavy atom. The standard InChI is InChI=1S/C15H24O2/c1-10(2)13-5-4-11(3)15(17)7-6-12(9-16)8-14(13)15/h8,10,13-14,16-17H,3-7,9H2,1-2H3. The highest BCUT2D eigenvalue weighted by atomic mass is 16.3. The summed E-state index contributed by atoms with van der Waals surface area (Å²) >= 11 is 0. The summed E-state index contributed by atoms with van der Waals surface area (Å²) in [5.74, 6) is 1.22. The van der Waals surface area contributed by atoms with E-state index in [-0.39, 0.29) is 12.5 Å². The van der Waals surface area contributed by atoms with E-state index >= 15 is 0 Å². The van der Waals surface area contributed by atoms with Crippen molar-refractivity contribution in [3.63, 3.8) is 0 Å². The second-order valence-corrected chi connectivity index (χ2v) is 5.98. The lowest BCUT2D eigenvalue weighted by molar-refractivity contribution is -0.0329. The molecule has 0 aromatic rings. The maximum absolute atomic E-state index is 10.9. The minimum atomic E-state index is -0.716. The minimum Gasteiger partial charge on any atom is -0.392 e. The van der Waals surface area contributed by atoms with Gasteiger partial charge in [-0.25, -0.2) is 0 Å². The van der Waals surface area contributed by atoms with Gasteiger partial charge in [-0.2, -0.15) is 0 Å². The molecule has 0 heterocycles. The van der Waals surface area contributed by atoms with Crippen LogP contribution in [-0.2, 0) is 0 Å². The Morgan fingerprint density at radius 3 is 2.76 bits per heavy atom. The maximum atomic E-state index is 10.9. The first-order chi connectivity index (χ1) is 7.99. The van der Waals surface area contributed by atoms with Gasteiger partial charge >= 0.3 is 0 Å². The molecule has 2 N–H and O–H groups in total. The van der Waals surface area contributed by atoms with Crippen molar-refractivity contribution >= 4 is 0 Å². The van der Waals surface area contributed by atoms with Crippen molar-refractivity contribution in [1.29, 1.82) is 0 Å². The molecular formula is C15H24O2. The van der Waals surface area contributed by atoms with E-state index < -0.39 is 5.60 Å². The van der Waals surface area contributed by atoms with Crippen LogP contribution in [0.2, 0.25) is 0 Å². The minimum absolute atomic E-state index is 0.129. The predicted molar refractivity (Wildman–Crippen MR) is 69.5 cm³/mol. The van der Waals surface area contributed by atoms with Crippen LogP contribution in [0.25, 0.3) is 0 Å². The molecule has 3 unspecified atom stereocenters. The third kappa shape index (κ3) is 2.09. The molecule has 0 aliphatic heterocycles. The van der Waals surface area contributed by atoms with Gasteiger partial charge in [0.15, 0.2) is 0 Å². The van der Waals surface area contributed by atoms with Crippen LogP contribution in [0.4, 0.5) is 0 Å². The Kier molecular flexibility index (Phi) is 3.46. The van der Waals surface area contributed by atoms with E-state index in [1.54, 1.807) is 0 Å². The highest BCUT2D eigenvalue weighted by Crippen LogP contribution is 2.49. The van der Waals surface area contributed by atoms with E-state index in [0.29, 0.717) is 11.8 Å². The first kappa shape index (κ1) is 12.8. The fraction of sp³-hybridized carbons (Fsp3) is 0.733. The molecule has 96 valence electrons. The summed E-state index contributed by atoms with van der Waals surface area (Å²) in [5, 5.41) is 20.2. The molecule has 0 radical (unpaired) electrons. The Labute approximate surface area is 104 Å². The quantitative estimate of drug-likeness (QED) is 0.724. The van der Waals surface area contributed by atoms with Crippen LogP contribution in [0.1, 0.15) is 39.5 Å². The first-order valence-corrected chi connectivity index (χ1v) is 6.70. The predicted octanol–water partition coefficient (Wildman–Crippen LogP) is 2.67. The summed E-state index contributed by atoms with van der Waals surface area (Å²) in [7, 11) is 0. The van der Waals surface area contributed by atoms with Gasteiger partial charge in [-0.15, -0.1) is 0 Å². The number of fused-ring (bicyclic) bond motifs is 1. The average molecular weight is 236 g/mol. The average Bonchev–Trinajstić information content (AvgIpc) is 2.30. The number of hydrogen-bond acceptors (Lipinski definition) is 2. The monoisotopic (exact) mass is 236 g/mol. The molecule has 2 nitrogen and oxygen atoms in total. The molecule has 0 spiro atoms. The smallest absolute Gasteiger partial charge is 0.0922 e. The van der Waals surface area contributed by atoms with E-state index in [0.717, 1.165) is 36.8 Å². The molecule has 0 amide bonds. The normalized spacial score (nSPS) is 37.9. The second kappa shape index (κ2) is 4.58. The summed E-state index contributed by atoms with van der Waals surface area (Å²) in [4.78, 5) is 0. The zero-order valence-electron chi connectivity index (χ0n) is 10.9.